The second kappa shape index (κ2) is 13.9. The minimum atomic E-state index is -1.28. The Hall–Kier alpha value is -7.10. The normalized spacial score (nSPS) is 10.2. The summed E-state index contributed by atoms with van der Waals surface area (Å²) in [4.78, 5) is 96.8. The Labute approximate surface area is 257 Å². The van der Waals surface area contributed by atoms with Crippen molar-refractivity contribution in [2.24, 2.45) is 0 Å². The van der Waals surface area contributed by atoms with Crippen LogP contribution in [0.3, 0.4) is 0 Å². The number of rotatable bonds is 10. The van der Waals surface area contributed by atoms with E-state index < -0.39 is 45.0 Å². The quantitative estimate of drug-likeness (QED) is 0.0863. The van der Waals surface area contributed by atoms with E-state index in [-0.39, 0.29) is 45.3 Å². The molecule has 4 aromatic rings. The number of hydrogen-bond donors (Lipinski definition) is 4. The monoisotopic (exact) mass is 624 g/mol. The van der Waals surface area contributed by atoms with Crippen LogP contribution in [0.4, 0.5) is 34.1 Å². The third kappa shape index (κ3) is 7.64. The summed E-state index contributed by atoms with van der Waals surface area (Å²) in [5.74, 6) is -7.00. The smallest absolute Gasteiger partial charge is 0.314 e. The van der Waals surface area contributed by atoms with E-state index in [4.69, 9.17) is 0 Å². The molecule has 0 heterocycles. The van der Waals surface area contributed by atoms with Gasteiger partial charge in [-0.2, -0.15) is 0 Å². The predicted octanol–water partition coefficient (Wildman–Crippen LogP) is 3.72. The summed E-state index contributed by atoms with van der Waals surface area (Å²) < 4.78 is 0. The lowest BCUT2D eigenvalue weighted by Crippen LogP contribution is -2.32. The Morgan fingerprint density at radius 2 is 0.761 bits per heavy atom. The number of hydrogen-bond acceptors (Lipinski definition) is 10. The number of nitrogens with zero attached hydrogens (tertiary/aromatic N) is 2. The van der Waals surface area contributed by atoms with E-state index >= 15 is 0 Å². The highest BCUT2D eigenvalue weighted by atomic mass is 16.6. The molecular formula is C30H20N6O10. The number of nitro benzene ring substituents is 2. The molecule has 4 amide bonds. The van der Waals surface area contributed by atoms with Gasteiger partial charge in [0.1, 0.15) is 0 Å². The van der Waals surface area contributed by atoms with Crippen molar-refractivity contribution < 1.29 is 38.6 Å². The molecule has 0 aliphatic rings. The molecule has 4 N–H and O–H groups in total. The Bertz CT molecular complexity index is 1770. The number of nitro groups is 2. The Morgan fingerprint density at radius 1 is 0.435 bits per heavy atom. The van der Waals surface area contributed by atoms with Crippen LogP contribution >= 0.6 is 0 Å². The first kappa shape index (κ1) is 31.8. The molecule has 46 heavy (non-hydrogen) atoms. The molecule has 0 fully saturated rings. The number of anilines is 4. The Kier molecular flexibility index (Phi) is 9.63. The van der Waals surface area contributed by atoms with Crippen molar-refractivity contribution in [1.29, 1.82) is 0 Å². The molecule has 4 rings (SSSR count). The van der Waals surface area contributed by atoms with Gasteiger partial charge >= 0.3 is 11.8 Å². The highest BCUT2D eigenvalue weighted by Gasteiger charge is 2.25. The van der Waals surface area contributed by atoms with Gasteiger partial charge in [0.05, 0.1) is 32.3 Å². The fourth-order valence-corrected chi connectivity index (χ4v) is 3.89. The van der Waals surface area contributed by atoms with Crippen LogP contribution in [-0.4, -0.2) is 45.0 Å². The molecular weight excluding hydrogens is 604 g/mol. The number of non-ortho nitro benzene ring substituents is 2. The molecule has 16 heteroatoms. The fraction of sp³-hybridized carbons (Fsp3) is 0. The van der Waals surface area contributed by atoms with Gasteiger partial charge in [-0.25, -0.2) is 0 Å². The van der Waals surface area contributed by atoms with Gasteiger partial charge in [-0.3, -0.25) is 49.0 Å². The average Bonchev–Trinajstić information content (AvgIpc) is 3.05. The molecule has 0 radical (unpaired) electrons. The molecule has 230 valence electrons. The lowest BCUT2D eigenvalue weighted by atomic mass is 10.1. The number of Topliss-reactive ketones (excluding diaryl/α,β-unsaturated/α-hetero) is 2. The maximum Gasteiger partial charge on any atom is 0.314 e. The molecule has 0 aliphatic heterocycles. The van der Waals surface area contributed by atoms with Crippen LogP contribution < -0.4 is 21.3 Å². The first-order valence-electron chi connectivity index (χ1n) is 12.9. The van der Waals surface area contributed by atoms with E-state index in [9.17, 15) is 49.0 Å². The summed E-state index contributed by atoms with van der Waals surface area (Å²) in [6.07, 6.45) is 0. The van der Waals surface area contributed by atoms with E-state index in [1.54, 1.807) is 0 Å². The van der Waals surface area contributed by atoms with Gasteiger partial charge in [0.15, 0.2) is 0 Å². The largest absolute Gasteiger partial charge is 0.319 e. The maximum atomic E-state index is 12.9. The van der Waals surface area contributed by atoms with Crippen LogP contribution in [-0.2, 0) is 19.2 Å². The van der Waals surface area contributed by atoms with Gasteiger partial charge in [-0.15, -0.1) is 0 Å². The lowest BCUT2D eigenvalue weighted by molar-refractivity contribution is -0.385. The van der Waals surface area contributed by atoms with Crippen LogP contribution in [0.25, 0.3) is 0 Å². The van der Waals surface area contributed by atoms with E-state index in [1.165, 1.54) is 72.8 Å². The zero-order chi connectivity index (χ0) is 33.4. The van der Waals surface area contributed by atoms with Crippen LogP contribution in [0.1, 0.15) is 20.7 Å². The first-order chi connectivity index (χ1) is 21.9. The molecule has 0 saturated carbocycles. The number of nitrogens with one attached hydrogen (secondary N) is 4. The van der Waals surface area contributed by atoms with Crippen LogP contribution in [0.2, 0.25) is 0 Å². The zero-order valence-electron chi connectivity index (χ0n) is 23.2. The van der Waals surface area contributed by atoms with Crippen LogP contribution in [0.5, 0.6) is 0 Å². The number of benzene rings is 4. The molecule has 0 aliphatic carbocycles. The topological polar surface area (TPSA) is 237 Å². The molecule has 4 aromatic carbocycles. The summed E-state index contributed by atoms with van der Waals surface area (Å²) in [6.45, 7) is 0. The highest BCUT2D eigenvalue weighted by molar-refractivity contribution is 6.50. The van der Waals surface area contributed by atoms with Crippen molar-refractivity contribution in [2.45, 2.75) is 0 Å². The van der Waals surface area contributed by atoms with E-state index in [0.29, 0.717) is 0 Å². The first-order valence-corrected chi connectivity index (χ1v) is 12.9. The van der Waals surface area contributed by atoms with Crippen molar-refractivity contribution in [3.8, 4) is 0 Å². The van der Waals surface area contributed by atoms with E-state index in [0.717, 1.165) is 24.3 Å². The van der Waals surface area contributed by atoms with Gasteiger partial charge in [0, 0.05) is 35.6 Å². The third-order valence-corrected chi connectivity index (χ3v) is 6.13. The summed E-state index contributed by atoms with van der Waals surface area (Å²) in [7, 11) is 0. The van der Waals surface area contributed by atoms with Gasteiger partial charge in [-0.05, 0) is 48.5 Å². The van der Waals surface area contributed by atoms with Crippen molar-refractivity contribution in [1.82, 2.24) is 0 Å². The number of ketones is 2. The van der Waals surface area contributed by atoms with Crippen LogP contribution in [0.15, 0.2) is 97.1 Å². The predicted molar refractivity (Wildman–Crippen MR) is 162 cm³/mol. The van der Waals surface area contributed by atoms with Crippen molar-refractivity contribution in [3.05, 3.63) is 128 Å². The molecule has 16 nitrogen and oxygen atoms in total. The average molecular weight is 625 g/mol. The second-order valence-corrected chi connectivity index (χ2v) is 9.17. The highest BCUT2D eigenvalue weighted by Crippen LogP contribution is 2.21. The number of carbonyl (C=O) groups excluding carboxylic acids is 6. The number of amides is 4. The fourth-order valence-electron chi connectivity index (χ4n) is 3.89. The second-order valence-electron chi connectivity index (χ2n) is 9.17. The summed E-state index contributed by atoms with van der Waals surface area (Å²) in [5, 5.41) is 30.7. The maximum absolute atomic E-state index is 12.9. The molecule has 0 saturated heterocycles. The Morgan fingerprint density at radius 3 is 1.09 bits per heavy atom. The van der Waals surface area contributed by atoms with E-state index in [2.05, 4.69) is 21.3 Å². The third-order valence-electron chi connectivity index (χ3n) is 6.13. The van der Waals surface area contributed by atoms with Crippen LogP contribution in [0, 0.1) is 20.2 Å². The molecule has 0 atom stereocenters. The van der Waals surface area contributed by atoms with Gasteiger partial charge < -0.3 is 21.3 Å². The minimum Gasteiger partial charge on any atom is -0.319 e. The number of para-hydroxylation sites is 2. The van der Waals surface area contributed by atoms with Crippen molar-refractivity contribution >= 4 is 69.3 Å². The molecule has 0 unspecified atom stereocenters. The van der Waals surface area contributed by atoms with Gasteiger partial charge in [-0.1, -0.05) is 24.3 Å². The molecule has 0 bridgehead atoms. The SMILES string of the molecule is O=C(Nc1ccccc1C(=O)C(=O)Nc1ccc([N+](=O)[O-])cc1)C(=O)Nc1ccccc1C(=O)C(=O)Nc1ccc([N+](=O)[O-])cc1. The zero-order valence-corrected chi connectivity index (χ0v) is 23.2. The van der Waals surface area contributed by atoms with E-state index in [1.807, 2.05) is 0 Å². The van der Waals surface area contributed by atoms with Crippen molar-refractivity contribution in [3.63, 3.8) is 0 Å². The summed E-state index contributed by atoms with van der Waals surface area (Å²) in [5.41, 5.74) is -1.21. The summed E-state index contributed by atoms with van der Waals surface area (Å²) in [6, 6.07) is 20.1. The summed E-state index contributed by atoms with van der Waals surface area (Å²) >= 11 is 0. The minimum absolute atomic E-state index is 0.0967. The molecule has 0 spiro atoms. The molecule has 0 aromatic heterocycles. The Balaban J connectivity index is 1.43. The number of carbonyl (C=O) groups is 6. The van der Waals surface area contributed by atoms with Crippen molar-refractivity contribution in [2.75, 3.05) is 21.3 Å². The van der Waals surface area contributed by atoms with Gasteiger partial charge in [0.2, 0.25) is 0 Å². The van der Waals surface area contributed by atoms with Gasteiger partial charge in [0.25, 0.3) is 34.8 Å². The lowest BCUT2D eigenvalue weighted by Gasteiger charge is -2.12. The standard InChI is InChI=1S/C30H20N6O10/c37-25(27(39)31-17-9-13-19(14-10-17)35(43)44)21-5-1-3-7-23(21)33-29(41)30(42)34-24-8-4-2-6-22(24)26(38)28(40)32-18-11-15-20(16-12-18)36(45)46/h1-16H,(H,31,39)(H,32,40)(H,33,41)(H,34,42).